The van der Waals surface area contributed by atoms with Gasteiger partial charge in [0.2, 0.25) is 0 Å². The molecule has 1 aliphatic carbocycles. The number of fused-ring (bicyclic) bond motifs is 1. The summed E-state index contributed by atoms with van der Waals surface area (Å²) >= 11 is 0. The molecule has 28 heavy (non-hydrogen) atoms. The van der Waals surface area contributed by atoms with Gasteiger partial charge in [0.25, 0.3) is 0 Å². The van der Waals surface area contributed by atoms with Crippen molar-refractivity contribution in [1.82, 2.24) is 15.5 Å². The molecule has 0 bridgehead atoms. The summed E-state index contributed by atoms with van der Waals surface area (Å²) < 4.78 is 0. The van der Waals surface area contributed by atoms with Crippen molar-refractivity contribution in [1.29, 1.82) is 0 Å². The molecule has 2 amide bonds. The second-order valence-corrected chi connectivity index (χ2v) is 7.44. The molecule has 0 saturated heterocycles. The number of amides is 2. The highest BCUT2D eigenvalue weighted by Crippen LogP contribution is 2.29. The molecule has 3 rings (SSSR count). The molecule has 2 atom stereocenters. The van der Waals surface area contributed by atoms with Gasteiger partial charge in [0.1, 0.15) is 5.75 Å². The maximum atomic E-state index is 12.5. The Kier molecular flexibility index (Phi) is 6.93. The van der Waals surface area contributed by atoms with Crippen molar-refractivity contribution in [3.05, 3.63) is 65.2 Å². The number of nitrogens with one attached hydrogen (secondary N) is 2. The third-order valence-electron chi connectivity index (χ3n) is 5.64. The minimum absolute atomic E-state index is 0.0318. The van der Waals surface area contributed by atoms with Crippen molar-refractivity contribution in [2.45, 2.75) is 45.2 Å². The zero-order chi connectivity index (χ0) is 19.9. The molecule has 5 heteroatoms. The molecule has 0 spiro atoms. The molecule has 2 aromatic rings. The number of carbonyl (C=O) groups excluding carboxylic acids is 1. The molecule has 3 N–H and O–H groups in total. The van der Waals surface area contributed by atoms with E-state index in [0.717, 1.165) is 37.1 Å². The normalized spacial score (nSPS) is 16.6. The van der Waals surface area contributed by atoms with E-state index in [1.807, 2.05) is 18.2 Å². The first-order valence-corrected chi connectivity index (χ1v) is 10.2. The van der Waals surface area contributed by atoms with Crippen LogP contribution in [0.1, 0.15) is 30.5 Å². The molecule has 0 saturated carbocycles. The van der Waals surface area contributed by atoms with Gasteiger partial charge in [0.05, 0.1) is 0 Å². The van der Waals surface area contributed by atoms with Crippen LogP contribution in [0.25, 0.3) is 0 Å². The molecule has 2 aromatic carbocycles. The van der Waals surface area contributed by atoms with Crippen LogP contribution in [-0.2, 0) is 19.3 Å². The third-order valence-corrected chi connectivity index (χ3v) is 5.64. The van der Waals surface area contributed by atoms with Crippen LogP contribution < -0.4 is 10.6 Å². The number of phenolic OH excluding ortho intramolecular Hbond substituents is 1. The lowest BCUT2D eigenvalue weighted by Gasteiger charge is -2.30. The predicted molar refractivity (Wildman–Crippen MR) is 113 cm³/mol. The summed E-state index contributed by atoms with van der Waals surface area (Å²) in [5.41, 5.74) is 3.36. The number of nitrogens with zero attached hydrogens (tertiary/aromatic N) is 1. The molecule has 0 radical (unpaired) electrons. The van der Waals surface area contributed by atoms with Crippen molar-refractivity contribution in [3.8, 4) is 5.75 Å². The largest absolute Gasteiger partial charge is 0.508 e. The number of aromatic hydroxyl groups is 1. The number of hydrogen-bond acceptors (Lipinski definition) is 3. The van der Waals surface area contributed by atoms with Gasteiger partial charge in [-0.3, -0.25) is 4.90 Å². The van der Waals surface area contributed by atoms with Crippen LogP contribution in [0.5, 0.6) is 5.75 Å². The minimum Gasteiger partial charge on any atom is -0.508 e. The molecule has 150 valence electrons. The van der Waals surface area contributed by atoms with Crippen LogP contribution in [0.4, 0.5) is 4.79 Å². The average Bonchev–Trinajstić information content (AvgIpc) is 3.11. The van der Waals surface area contributed by atoms with Gasteiger partial charge >= 0.3 is 6.03 Å². The van der Waals surface area contributed by atoms with Crippen LogP contribution in [-0.4, -0.2) is 47.8 Å². The smallest absolute Gasteiger partial charge is 0.315 e. The SMILES string of the molecule is CCN(CC)C(CNC(=O)NC1Cc2cccc(O)c2C1)Cc1ccccc1. The van der Waals surface area contributed by atoms with Gasteiger partial charge in [0.15, 0.2) is 0 Å². The first kappa shape index (κ1) is 20.2. The molecule has 0 heterocycles. The molecular formula is C23H31N3O2. The van der Waals surface area contributed by atoms with Crippen LogP contribution >= 0.6 is 0 Å². The van der Waals surface area contributed by atoms with Crippen LogP contribution in [0.15, 0.2) is 48.5 Å². The Labute approximate surface area is 167 Å². The summed E-state index contributed by atoms with van der Waals surface area (Å²) in [7, 11) is 0. The van der Waals surface area contributed by atoms with E-state index >= 15 is 0 Å². The molecule has 5 nitrogen and oxygen atoms in total. The zero-order valence-corrected chi connectivity index (χ0v) is 16.8. The fourth-order valence-corrected chi connectivity index (χ4v) is 4.14. The van der Waals surface area contributed by atoms with E-state index in [1.54, 1.807) is 6.07 Å². The predicted octanol–water partition coefficient (Wildman–Crippen LogP) is 3.11. The molecule has 2 unspecified atom stereocenters. The Bertz CT molecular complexity index is 775. The van der Waals surface area contributed by atoms with E-state index in [0.29, 0.717) is 18.7 Å². The number of carbonyl (C=O) groups is 1. The average molecular weight is 382 g/mol. The first-order valence-electron chi connectivity index (χ1n) is 10.2. The zero-order valence-electron chi connectivity index (χ0n) is 16.8. The maximum Gasteiger partial charge on any atom is 0.315 e. The highest BCUT2D eigenvalue weighted by Gasteiger charge is 2.25. The molecule has 0 fully saturated rings. The van der Waals surface area contributed by atoms with Crippen molar-refractivity contribution in [2.75, 3.05) is 19.6 Å². The van der Waals surface area contributed by atoms with Crippen molar-refractivity contribution in [3.63, 3.8) is 0 Å². The lowest BCUT2D eigenvalue weighted by Crippen LogP contribution is -2.49. The summed E-state index contributed by atoms with van der Waals surface area (Å²) in [5.74, 6) is 0.326. The van der Waals surface area contributed by atoms with Gasteiger partial charge in [-0.2, -0.15) is 0 Å². The van der Waals surface area contributed by atoms with Crippen LogP contribution in [0.2, 0.25) is 0 Å². The Morgan fingerprint density at radius 1 is 1.11 bits per heavy atom. The molecular weight excluding hydrogens is 350 g/mol. The van der Waals surface area contributed by atoms with E-state index in [4.69, 9.17) is 0 Å². The Balaban J connectivity index is 1.54. The lowest BCUT2D eigenvalue weighted by molar-refractivity contribution is 0.202. The van der Waals surface area contributed by atoms with E-state index in [1.165, 1.54) is 5.56 Å². The second-order valence-electron chi connectivity index (χ2n) is 7.44. The quantitative estimate of drug-likeness (QED) is 0.658. The highest BCUT2D eigenvalue weighted by atomic mass is 16.3. The second kappa shape index (κ2) is 9.60. The van der Waals surface area contributed by atoms with Gasteiger partial charge in [-0.25, -0.2) is 4.79 Å². The standard InChI is InChI=1S/C23H31N3O2/c1-3-26(4-2)20(13-17-9-6-5-7-10-17)16-24-23(28)25-19-14-18-11-8-12-22(27)21(18)15-19/h5-12,19-20,27H,3-4,13-16H2,1-2H3,(H2,24,25,28). The summed E-state index contributed by atoms with van der Waals surface area (Å²) in [6.07, 6.45) is 2.35. The summed E-state index contributed by atoms with van der Waals surface area (Å²) in [6.45, 7) is 6.82. The lowest BCUT2D eigenvalue weighted by atomic mass is 10.0. The van der Waals surface area contributed by atoms with E-state index in [2.05, 4.69) is 53.6 Å². The monoisotopic (exact) mass is 381 g/mol. The molecule has 1 aliphatic rings. The fraction of sp³-hybridized carbons (Fsp3) is 0.435. The Morgan fingerprint density at radius 3 is 2.54 bits per heavy atom. The topological polar surface area (TPSA) is 64.6 Å². The van der Waals surface area contributed by atoms with Crippen LogP contribution in [0.3, 0.4) is 0 Å². The van der Waals surface area contributed by atoms with Gasteiger partial charge in [-0.1, -0.05) is 56.3 Å². The molecule has 0 aromatic heterocycles. The number of benzene rings is 2. The van der Waals surface area contributed by atoms with Crippen molar-refractivity contribution in [2.24, 2.45) is 0 Å². The fourth-order valence-electron chi connectivity index (χ4n) is 4.14. The Hall–Kier alpha value is -2.53. The molecule has 0 aliphatic heterocycles. The number of phenols is 1. The van der Waals surface area contributed by atoms with Crippen molar-refractivity contribution >= 4 is 6.03 Å². The van der Waals surface area contributed by atoms with E-state index in [-0.39, 0.29) is 18.1 Å². The first-order chi connectivity index (χ1) is 13.6. The summed E-state index contributed by atoms with van der Waals surface area (Å²) in [4.78, 5) is 14.9. The maximum absolute atomic E-state index is 12.5. The van der Waals surface area contributed by atoms with Gasteiger partial charge < -0.3 is 15.7 Å². The third kappa shape index (κ3) is 5.04. The van der Waals surface area contributed by atoms with Crippen molar-refractivity contribution < 1.29 is 9.90 Å². The highest BCUT2D eigenvalue weighted by molar-refractivity contribution is 5.74. The number of urea groups is 1. The summed E-state index contributed by atoms with van der Waals surface area (Å²) in [5, 5.41) is 16.1. The van der Waals surface area contributed by atoms with Gasteiger partial charge in [-0.05, 0) is 55.1 Å². The van der Waals surface area contributed by atoms with Gasteiger partial charge in [0, 0.05) is 18.6 Å². The minimum atomic E-state index is -0.137. The van der Waals surface area contributed by atoms with Gasteiger partial charge in [-0.15, -0.1) is 0 Å². The Morgan fingerprint density at radius 2 is 1.86 bits per heavy atom. The van der Waals surface area contributed by atoms with E-state index in [9.17, 15) is 9.90 Å². The van der Waals surface area contributed by atoms with E-state index < -0.39 is 0 Å². The van der Waals surface area contributed by atoms with Crippen LogP contribution in [0, 0.1) is 0 Å². The number of rotatable bonds is 8. The summed E-state index contributed by atoms with van der Waals surface area (Å²) in [6, 6.07) is 16.2. The number of likely N-dealkylation sites (N-methyl/N-ethyl adjacent to an activating group) is 1. The number of hydrogen-bond donors (Lipinski definition) is 3.